The average Bonchev–Trinajstić information content (AvgIpc) is 2.23. The van der Waals surface area contributed by atoms with Crippen molar-refractivity contribution in [2.75, 3.05) is 7.11 Å². The van der Waals surface area contributed by atoms with Gasteiger partial charge in [0.15, 0.2) is 0 Å². The summed E-state index contributed by atoms with van der Waals surface area (Å²) in [7, 11) is 2.14. The van der Waals surface area contributed by atoms with Crippen LogP contribution in [0.3, 0.4) is 0 Å². The van der Waals surface area contributed by atoms with E-state index in [1.165, 1.54) is 23.8 Å². The van der Waals surface area contributed by atoms with Gasteiger partial charge in [0.25, 0.3) is 0 Å². The van der Waals surface area contributed by atoms with Gasteiger partial charge < -0.3 is 12.3 Å². The standard InChI is InChI=1S/C11H14NO.CH3.2HI.V.Y/c1-8-5-10(3)11(6-9(8)2)7-12-13-4;;;;;/h5-6H,1-4H3;1H3;2*1H;;/q2*-1;;;+2;/p-2. The molecule has 0 aliphatic rings. The zero-order chi connectivity index (χ0) is 12.6. The number of aryl methyl sites for hydroxylation is 3. The molecule has 0 unspecified atom stereocenters. The Morgan fingerprint density at radius 1 is 1.11 bits per heavy atom. The average molecular weight is 585 g/mol. The molecule has 0 heterocycles. The molecule has 0 spiro atoms. The summed E-state index contributed by atoms with van der Waals surface area (Å²) in [5.41, 5.74) is 4.70. The second-order valence-electron chi connectivity index (χ2n) is 3.20. The summed E-state index contributed by atoms with van der Waals surface area (Å²) in [6, 6.07) is 4.19. The van der Waals surface area contributed by atoms with E-state index >= 15 is 0 Å². The molecule has 0 atom stereocenters. The Labute approximate surface area is 165 Å². The molecule has 0 aliphatic heterocycles. The van der Waals surface area contributed by atoms with Gasteiger partial charge in [-0.15, -0.1) is 11.6 Å². The van der Waals surface area contributed by atoms with Crippen molar-refractivity contribution in [3.63, 3.8) is 0 Å². The van der Waals surface area contributed by atoms with Crippen LogP contribution in [0.15, 0.2) is 17.3 Å². The Morgan fingerprint density at radius 2 is 1.56 bits per heavy atom. The van der Waals surface area contributed by atoms with Crippen molar-refractivity contribution in [1.29, 1.82) is 0 Å². The Balaban J connectivity index is -0.000000410. The molecule has 0 saturated carbocycles. The third kappa shape index (κ3) is 10.6. The first kappa shape index (κ1) is 24.8. The molecule has 1 aromatic rings. The number of rotatable bonds is 2. The molecular formula is C12H17I2NOVY-2. The minimum absolute atomic E-state index is 0. The molecule has 2 nitrogen and oxygen atoms in total. The predicted molar refractivity (Wildman–Crippen MR) is 88.7 cm³/mol. The zero-order valence-electron chi connectivity index (χ0n) is 11.3. The SMILES string of the molecule is CON=[C-]c1cc(C)c(C)cc1C.[CH3-].[I][V][I].[Y]. The van der Waals surface area contributed by atoms with Gasteiger partial charge in [0.05, 0.1) is 0 Å². The Kier molecular flexibility index (Phi) is 21.0. The van der Waals surface area contributed by atoms with Crippen molar-refractivity contribution in [2.24, 2.45) is 5.16 Å². The van der Waals surface area contributed by atoms with Gasteiger partial charge in [-0.2, -0.15) is 22.3 Å². The van der Waals surface area contributed by atoms with Crippen molar-refractivity contribution >= 4 is 46.2 Å². The van der Waals surface area contributed by atoms with Crippen LogP contribution in [0.25, 0.3) is 0 Å². The Bertz CT molecular complexity index is 362. The molecule has 0 saturated heterocycles. The molecule has 0 amide bonds. The van der Waals surface area contributed by atoms with Crippen LogP contribution in [-0.4, -0.2) is 13.3 Å². The first-order valence-corrected chi connectivity index (χ1v) is 13.6. The van der Waals surface area contributed by atoms with E-state index in [4.69, 9.17) is 0 Å². The Morgan fingerprint density at radius 3 is 2.00 bits per heavy atom. The largest absolute Gasteiger partial charge is 0 e. The van der Waals surface area contributed by atoms with Crippen molar-refractivity contribution < 1.29 is 47.0 Å². The zero-order valence-corrected chi connectivity index (χ0v) is 19.8. The summed E-state index contributed by atoms with van der Waals surface area (Å²) in [6.45, 7) is 6.21. The maximum absolute atomic E-state index is 4.58. The number of benzene rings is 1. The van der Waals surface area contributed by atoms with E-state index in [0.717, 1.165) is 5.56 Å². The van der Waals surface area contributed by atoms with E-state index in [1.54, 1.807) is 0 Å². The normalized spacial score (nSPS) is 8.56. The van der Waals surface area contributed by atoms with Crippen LogP contribution in [0.5, 0.6) is 0 Å². The summed E-state index contributed by atoms with van der Waals surface area (Å²) in [5, 5.41) is 3.62. The molecule has 1 rings (SSSR count). The quantitative estimate of drug-likeness (QED) is 0.214. The minimum atomic E-state index is 0. The molecule has 0 aromatic heterocycles. The number of hydrogen-bond acceptors (Lipinski definition) is 2. The molecule has 0 fully saturated rings. The van der Waals surface area contributed by atoms with Crippen LogP contribution in [0, 0.1) is 28.2 Å². The van der Waals surface area contributed by atoms with Gasteiger partial charge in [0.1, 0.15) is 7.11 Å². The number of nitrogens with zero attached hydrogens (tertiary/aromatic N) is 1. The molecule has 0 N–H and O–H groups in total. The topological polar surface area (TPSA) is 21.6 Å². The molecule has 100 valence electrons. The second kappa shape index (κ2) is 15.2. The van der Waals surface area contributed by atoms with Crippen LogP contribution in [-0.2, 0) is 47.0 Å². The Hall–Kier alpha value is 1.84. The van der Waals surface area contributed by atoms with Crippen LogP contribution in [0.1, 0.15) is 22.3 Å². The second-order valence-corrected chi connectivity index (χ2v) is 15.0. The summed E-state index contributed by atoms with van der Waals surface area (Å²) in [5.74, 6) is 0. The van der Waals surface area contributed by atoms with E-state index in [-0.39, 0.29) is 40.1 Å². The van der Waals surface area contributed by atoms with Crippen LogP contribution >= 0.6 is 40.0 Å². The van der Waals surface area contributed by atoms with Crippen molar-refractivity contribution in [2.45, 2.75) is 20.8 Å². The smallest absolute Gasteiger partial charge is 0 e. The molecule has 6 heteroatoms. The maximum atomic E-state index is 4.58. The van der Waals surface area contributed by atoms with Crippen molar-refractivity contribution in [3.8, 4) is 0 Å². The number of halogens is 2. The summed E-state index contributed by atoms with van der Waals surface area (Å²) < 4.78 is 0. The van der Waals surface area contributed by atoms with Crippen LogP contribution in [0.2, 0.25) is 0 Å². The fourth-order valence-corrected chi connectivity index (χ4v) is 1.18. The van der Waals surface area contributed by atoms with Crippen molar-refractivity contribution in [3.05, 3.63) is 41.8 Å². The first-order chi connectivity index (χ1) is 7.56. The summed E-state index contributed by atoms with van der Waals surface area (Å²) >= 11 is 4.74. The van der Waals surface area contributed by atoms with Gasteiger partial charge in [-0.1, -0.05) is 19.4 Å². The third-order valence-corrected chi connectivity index (χ3v) is 2.10. The van der Waals surface area contributed by atoms with Crippen molar-refractivity contribution in [1.82, 2.24) is 0 Å². The van der Waals surface area contributed by atoms with Gasteiger partial charge in [0.2, 0.25) is 0 Å². The van der Waals surface area contributed by atoms with Gasteiger partial charge >= 0.3 is 49.4 Å². The van der Waals surface area contributed by atoms with E-state index in [9.17, 15) is 0 Å². The van der Waals surface area contributed by atoms with Gasteiger partial charge in [-0.05, 0) is 13.1 Å². The summed E-state index contributed by atoms with van der Waals surface area (Å²) in [4.78, 5) is 4.58. The molecule has 1 aromatic carbocycles. The maximum Gasteiger partial charge on any atom is 0 e. The van der Waals surface area contributed by atoms with Gasteiger partial charge in [-0.25, -0.2) is 0 Å². The van der Waals surface area contributed by atoms with Crippen LogP contribution in [0.4, 0.5) is 0 Å². The third-order valence-electron chi connectivity index (χ3n) is 2.10. The molecule has 1 radical (unpaired) electrons. The van der Waals surface area contributed by atoms with E-state index in [2.05, 4.69) is 82.1 Å². The fourth-order valence-electron chi connectivity index (χ4n) is 1.18. The first-order valence-electron chi connectivity index (χ1n) is 4.56. The van der Waals surface area contributed by atoms with E-state index in [0.29, 0.717) is 9.47 Å². The number of hydrogen-bond donors (Lipinski definition) is 0. The molecule has 0 bridgehead atoms. The summed E-state index contributed by atoms with van der Waals surface area (Å²) in [6.07, 6.45) is 2.83. The predicted octanol–water partition coefficient (Wildman–Crippen LogP) is 4.69. The van der Waals surface area contributed by atoms with Gasteiger partial charge in [-0.3, -0.25) is 0 Å². The molecule has 18 heavy (non-hydrogen) atoms. The monoisotopic (exact) mass is 585 g/mol. The van der Waals surface area contributed by atoms with Crippen LogP contribution < -0.4 is 0 Å². The minimum Gasteiger partial charge on any atom is 0 e. The molecular weight excluding hydrogens is 568 g/mol. The van der Waals surface area contributed by atoms with Gasteiger partial charge in [0, 0.05) is 32.7 Å². The van der Waals surface area contributed by atoms with E-state index in [1.807, 2.05) is 6.92 Å². The molecule has 0 aliphatic carbocycles. The van der Waals surface area contributed by atoms with E-state index < -0.39 is 0 Å². The fraction of sp³-hybridized carbons (Fsp3) is 0.333.